The first-order valence-corrected chi connectivity index (χ1v) is 7.72. The summed E-state index contributed by atoms with van der Waals surface area (Å²) in [6, 6.07) is 0.391. The van der Waals surface area contributed by atoms with E-state index in [-0.39, 0.29) is 17.5 Å². The molecule has 0 aliphatic heterocycles. The van der Waals surface area contributed by atoms with Crippen molar-refractivity contribution in [2.45, 2.75) is 51.6 Å². The fourth-order valence-electron chi connectivity index (χ4n) is 2.85. The highest BCUT2D eigenvalue weighted by Crippen LogP contribution is 2.34. The fourth-order valence-corrected chi connectivity index (χ4v) is 3.30. The summed E-state index contributed by atoms with van der Waals surface area (Å²) in [5.74, 6) is 2.01. The van der Waals surface area contributed by atoms with Crippen molar-refractivity contribution in [2.75, 3.05) is 12.3 Å². The Kier molecular flexibility index (Phi) is 6.31. The molecule has 3 atom stereocenters. The number of alkyl halides is 3. The molecule has 0 heterocycles. The van der Waals surface area contributed by atoms with Gasteiger partial charge in [-0.05, 0) is 42.4 Å². The van der Waals surface area contributed by atoms with Crippen LogP contribution in [0, 0.1) is 17.8 Å². The minimum Gasteiger partial charge on any atom is -0.313 e. The minimum atomic E-state index is -4.10. The molecule has 1 saturated carbocycles. The van der Waals surface area contributed by atoms with Crippen molar-refractivity contribution in [1.29, 1.82) is 0 Å². The number of halogens is 3. The smallest absolute Gasteiger partial charge is 0.313 e. The fraction of sp³-hybridized carbons (Fsp3) is 1.00. The first-order valence-electron chi connectivity index (χ1n) is 6.73. The van der Waals surface area contributed by atoms with E-state index in [9.17, 15) is 13.2 Å². The van der Waals surface area contributed by atoms with Gasteiger partial charge in [-0.3, -0.25) is 0 Å². The molecule has 0 aromatic rings. The van der Waals surface area contributed by atoms with Gasteiger partial charge in [0, 0.05) is 18.3 Å². The van der Waals surface area contributed by atoms with Crippen molar-refractivity contribution in [3.8, 4) is 0 Å². The highest BCUT2D eigenvalue weighted by atomic mass is 32.2. The van der Waals surface area contributed by atoms with Crippen LogP contribution in [0.3, 0.4) is 0 Å². The summed E-state index contributed by atoms with van der Waals surface area (Å²) in [5.41, 5.74) is -4.10. The maximum atomic E-state index is 12.0. The average Bonchev–Trinajstić information content (AvgIpc) is 2.22. The molecule has 0 aromatic heterocycles. The standard InChI is InChI=1S/C13H24F3NS/c1-9(2)11-5-4-10(3)8-12(11)17-6-7-18-13(14,15)16/h9-12,17H,4-8H2,1-3H3. The topological polar surface area (TPSA) is 12.0 Å². The summed E-state index contributed by atoms with van der Waals surface area (Å²) in [4.78, 5) is 0. The lowest BCUT2D eigenvalue weighted by Crippen LogP contribution is -2.43. The molecular formula is C13H24F3NS. The van der Waals surface area contributed by atoms with Crippen LogP contribution in [-0.2, 0) is 0 Å². The Morgan fingerprint density at radius 2 is 1.94 bits per heavy atom. The Balaban J connectivity index is 2.32. The summed E-state index contributed by atoms with van der Waals surface area (Å²) in [6.07, 6.45) is 3.54. The van der Waals surface area contributed by atoms with Crippen LogP contribution >= 0.6 is 11.8 Å². The van der Waals surface area contributed by atoms with E-state index in [0.29, 0.717) is 30.3 Å². The van der Waals surface area contributed by atoms with Gasteiger partial charge in [0.2, 0.25) is 0 Å². The van der Waals surface area contributed by atoms with Crippen LogP contribution in [-0.4, -0.2) is 23.8 Å². The minimum absolute atomic E-state index is 0.0701. The number of nitrogens with one attached hydrogen (secondary N) is 1. The molecule has 18 heavy (non-hydrogen) atoms. The summed E-state index contributed by atoms with van der Waals surface area (Å²) >= 11 is 0.0701. The summed E-state index contributed by atoms with van der Waals surface area (Å²) < 4.78 is 36.1. The molecule has 1 nitrogen and oxygen atoms in total. The second-order valence-electron chi connectivity index (χ2n) is 5.68. The normalized spacial score (nSPS) is 29.8. The predicted octanol–water partition coefficient (Wildman–Crippen LogP) is 4.29. The van der Waals surface area contributed by atoms with Crippen molar-refractivity contribution in [2.24, 2.45) is 17.8 Å². The molecular weight excluding hydrogens is 259 g/mol. The highest BCUT2D eigenvalue weighted by Gasteiger charge is 2.31. The summed E-state index contributed by atoms with van der Waals surface area (Å²) in [6.45, 7) is 7.10. The lowest BCUT2D eigenvalue weighted by Gasteiger charge is -2.38. The first kappa shape index (κ1) is 16.2. The van der Waals surface area contributed by atoms with Gasteiger partial charge < -0.3 is 5.32 Å². The molecule has 0 aromatic carbocycles. The van der Waals surface area contributed by atoms with Crippen molar-refractivity contribution >= 4 is 11.8 Å². The van der Waals surface area contributed by atoms with Crippen LogP contribution < -0.4 is 5.32 Å². The predicted molar refractivity (Wildman–Crippen MR) is 71.6 cm³/mol. The van der Waals surface area contributed by atoms with E-state index in [4.69, 9.17) is 0 Å². The maximum absolute atomic E-state index is 12.0. The van der Waals surface area contributed by atoms with Crippen LogP contribution in [0.2, 0.25) is 0 Å². The van der Waals surface area contributed by atoms with Crippen molar-refractivity contribution in [1.82, 2.24) is 5.32 Å². The maximum Gasteiger partial charge on any atom is 0.441 e. The molecule has 0 amide bonds. The number of hydrogen-bond donors (Lipinski definition) is 1. The second kappa shape index (κ2) is 7.04. The van der Waals surface area contributed by atoms with E-state index >= 15 is 0 Å². The molecule has 5 heteroatoms. The van der Waals surface area contributed by atoms with Gasteiger partial charge in [0.25, 0.3) is 0 Å². The van der Waals surface area contributed by atoms with Gasteiger partial charge in [-0.1, -0.05) is 27.2 Å². The largest absolute Gasteiger partial charge is 0.441 e. The number of hydrogen-bond acceptors (Lipinski definition) is 2. The van der Waals surface area contributed by atoms with Crippen LogP contribution in [0.4, 0.5) is 13.2 Å². The Bertz CT molecular complexity index is 243. The van der Waals surface area contributed by atoms with Gasteiger partial charge in [0.05, 0.1) is 0 Å². The van der Waals surface area contributed by atoms with Gasteiger partial charge in [-0.2, -0.15) is 13.2 Å². The van der Waals surface area contributed by atoms with E-state index in [1.54, 1.807) is 0 Å². The Morgan fingerprint density at radius 3 is 2.50 bits per heavy atom. The Labute approximate surface area is 112 Å². The second-order valence-corrected chi connectivity index (χ2v) is 6.84. The van der Waals surface area contributed by atoms with Gasteiger partial charge in [0.1, 0.15) is 0 Å². The van der Waals surface area contributed by atoms with E-state index < -0.39 is 5.51 Å². The zero-order valence-electron chi connectivity index (χ0n) is 11.4. The first-order chi connectivity index (χ1) is 8.29. The monoisotopic (exact) mass is 283 g/mol. The molecule has 0 spiro atoms. The molecule has 0 radical (unpaired) electrons. The zero-order chi connectivity index (χ0) is 13.8. The third-order valence-corrected chi connectivity index (χ3v) is 4.53. The Morgan fingerprint density at radius 1 is 1.28 bits per heavy atom. The number of rotatable bonds is 5. The zero-order valence-corrected chi connectivity index (χ0v) is 12.2. The molecule has 1 fully saturated rings. The van der Waals surface area contributed by atoms with Gasteiger partial charge in [-0.25, -0.2) is 0 Å². The third kappa shape index (κ3) is 5.83. The van der Waals surface area contributed by atoms with Crippen LogP contribution in [0.1, 0.15) is 40.0 Å². The van der Waals surface area contributed by atoms with Crippen LogP contribution in [0.25, 0.3) is 0 Å². The third-order valence-electron chi connectivity index (χ3n) is 3.80. The molecule has 1 N–H and O–H groups in total. The Hall–Kier alpha value is 0.100. The van der Waals surface area contributed by atoms with E-state index in [0.717, 1.165) is 6.42 Å². The lowest BCUT2D eigenvalue weighted by atomic mass is 9.74. The quantitative estimate of drug-likeness (QED) is 0.755. The SMILES string of the molecule is CC1CCC(C(C)C)C(NCCSC(F)(F)F)C1. The van der Waals surface area contributed by atoms with E-state index in [1.165, 1.54) is 12.8 Å². The van der Waals surface area contributed by atoms with Gasteiger partial charge in [0.15, 0.2) is 0 Å². The van der Waals surface area contributed by atoms with Crippen LogP contribution in [0.5, 0.6) is 0 Å². The highest BCUT2D eigenvalue weighted by molar-refractivity contribution is 8.00. The van der Waals surface area contributed by atoms with E-state index in [2.05, 4.69) is 26.1 Å². The molecule has 3 unspecified atom stereocenters. The lowest BCUT2D eigenvalue weighted by molar-refractivity contribution is -0.0327. The molecule has 0 bridgehead atoms. The van der Waals surface area contributed by atoms with Crippen molar-refractivity contribution in [3.63, 3.8) is 0 Å². The molecule has 1 aliphatic carbocycles. The van der Waals surface area contributed by atoms with Gasteiger partial charge >= 0.3 is 5.51 Å². The molecule has 1 aliphatic rings. The van der Waals surface area contributed by atoms with Crippen molar-refractivity contribution in [3.05, 3.63) is 0 Å². The molecule has 1 rings (SSSR count). The average molecular weight is 283 g/mol. The molecule has 108 valence electrons. The van der Waals surface area contributed by atoms with E-state index in [1.807, 2.05) is 0 Å². The number of thioether (sulfide) groups is 1. The van der Waals surface area contributed by atoms with Gasteiger partial charge in [-0.15, -0.1) is 0 Å². The van der Waals surface area contributed by atoms with Crippen LogP contribution in [0.15, 0.2) is 0 Å². The molecule has 0 saturated heterocycles. The van der Waals surface area contributed by atoms with Crippen molar-refractivity contribution < 1.29 is 13.2 Å². The summed E-state index contributed by atoms with van der Waals surface area (Å²) in [5, 5.41) is 3.34. The summed E-state index contributed by atoms with van der Waals surface area (Å²) in [7, 11) is 0.